The molecule has 0 saturated heterocycles. The fraction of sp³-hybridized carbons (Fsp3) is 0.533. The second kappa shape index (κ2) is 5.31. The van der Waals surface area contributed by atoms with Gasteiger partial charge < -0.3 is 15.0 Å². The van der Waals surface area contributed by atoms with Crippen molar-refractivity contribution >= 4 is 11.0 Å². The van der Waals surface area contributed by atoms with E-state index in [1.54, 1.807) is 7.11 Å². The van der Waals surface area contributed by atoms with Crippen LogP contribution in [0.3, 0.4) is 0 Å². The highest BCUT2D eigenvalue weighted by Crippen LogP contribution is 2.22. The van der Waals surface area contributed by atoms with E-state index in [0.717, 1.165) is 23.3 Å². The van der Waals surface area contributed by atoms with Crippen molar-refractivity contribution in [2.75, 3.05) is 7.11 Å². The van der Waals surface area contributed by atoms with Gasteiger partial charge in [-0.3, -0.25) is 0 Å². The number of nitrogens with two attached hydrogens (primary N) is 1. The molecule has 0 radical (unpaired) electrons. The molecule has 2 aromatic rings. The van der Waals surface area contributed by atoms with E-state index in [-0.39, 0.29) is 11.6 Å². The van der Waals surface area contributed by atoms with Gasteiger partial charge >= 0.3 is 0 Å². The number of imidazole rings is 1. The van der Waals surface area contributed by atoms with Crippen molar-refractivity contribution in [3.63, 3.8) is 0 Å². The van der Waals surface area contributed by atoms with Gasteiger partial charge in [-0.2, -0.15) is 0 Å². The maximum absolute atomic E-state index is 6.32. The lowest BCUT2D eigenvalue weighted by Gasteiger charge is -2.33. The molecule has 0 bridgehead atoms. The topological polar surface area (TPSA) is 53.1 Å². The van der Waals surface area contributed by atoms with Gasteiger partial charge in [-0.1, -0.05) is 19.1 Å². The Hall–Kier alpha value is -1.39. The van der Waals surface area contributed by atoms with Crippen LogP contribution in [-0.2, 0) is 18.2 Å². The van der Waals surface area contributed by atoms with Crippen molar-refractivity contribution < 1.29 is 4.74 Å². The summed E-state index contributed by atoms with van der Waals surface area (Å²) < 4.78 is 7.68. The Labute approximate surface area is 114 Å². The van der Waals surface area contributed by atoms with Crippen LogP contribution in [0.25, 0.3) is 11.0 Å². The fourth-order valence-electron chi connectivity index (χ4n) is 2.35. The highest BCUT2D eigenvalue weighted by atomic mass is 16.5. The molecule has 2 N–H and O–H groups in total. The van der Waals surface area contributed by atoms with Crippen LogP contribution < -0.4 is 5.73 Å². The van der Waals surface area contributed by atoms with Gasteiger partial charge in [0, 0.05) is 26.6 Å². The zero-order valence-electron chi connectivity index (χ0n) is 12.2. The molecule has 0 aliphatic rings. The van der Waals surface area contributed by atoms with Gasteiger partial charge in [0.2, 0.25) is 0 Å². The van der Waals surface area contributed by atoms with Crippen LogP contribution in [-0.4, -0.2) is 28.3 Å². The first kappa shape index (κ1) is 14.0. The highest BCUT2D eigenvalue weighted by Gasteiger charge is 2.30. The quantitative estimate of drug-likeness (QED) is 0.898. The first-order valence-electron chi connectivity index (χ1n) is 6.73. The lowest BCUT2D eigenvalue weighted by molar-refractivity contribution is -0.0190. The van der Waals surface area contributed by atoms with Crippen molar-refractivity contribution in [1.82, 2.24) is 9.55 Å². The SMILES string of the molecule is CCC(C)(OC)C(N)Cc1nc2ccccc2n1C. The molecule has 0 aliphatic heterocycles. The Balaban J connectivity index is 2.29. The monoisotopic (exact) mass is 261 g/mol. The number of benzene rings is 1. The summed E-state index contributed by atoms with van der Waals surface area (Å²) >= 11 is 0. The number of nitrogens with zero attached hydrogens (tertiary/aromatic N) is 2. The van der Waals surface area contributed by atoms with Crippen LogP contribution >= 0.6 is 0 Å². The summed E-state index contributed by atoms with van der Waals surface area (Å²) in [5, 5.41) is 0. The number of rotatable bonds is 5. The third kappa shape index (κ3) is 2.51. The Morgan fingerprint density at radius 1 is 1.42 bits per heavy atom. The average Bonchev–Trinajstić information content (AvgIpc) is 2.75. The Morgan fingerprint density at radius 3 is 2.68 bits per heavy atom. The summed E-state index contributed by atoms with van der Waals surface area (Å²) in [5.41, 5.74) is 8.17. The average molecular weight is 261 g/mol. The summed E-state index contributed by atoms with van der Waals surface area (Å²) in [7, 11) is 3.76. The van der Waals surface area contributed by atoms with E-state index in [1.807, 2.05) is 25.2 Å². The first-order valence-corrected chi connectivity index (χ1v) is 6.73. The second-order valence-corrected chi connectivity index (χ2v) is 5.26. The van der Waals surface area contributed by atoms with Crippen LogP contribution in [0.4, 0.5) is 0 Å². The van der Waals surface area contributed by atoms with Crippen LogP contribution in [0, 0.1) is 0 Å². The summed E-state index contributed by atoms with van der Waals surface area (Å²) in [6.45, 7) is 4.15. The van der Waals surface area contributed by atoms with Gasteiger partial charge in [-0.15, -0.1) is 0 Å². The van der Waals surface area contributed by atoms with Gasteiger partial charge in [0.15, 0.2) is 0 Å². The van der Waals surface area contributed by atoms with Crippen molar-refractivity contribution in [3.05, 3.63) is 30.1 Å². The number of ether oxygens (including phenoxy) is 1. The summed E-state index contributed by atoms with van der Waals surface area (Å²) in [6.07, 6.45) is 1.60. The van der Waals surface area contributed by atoms with Crippen LogP contribution in [0.1, 0.15) is 26.1 Å². The predicted molar refractivity (Wildman–Crippen MR) is 78.1 cm³/mol. The normalized spacial score (nSPS) is 16.5. The fourth-order valence-corrected chi connectivity index (χ4v) is 2.35. The number of para-hydroxylation sites is 2. The lowest BCUT2D eigenvalue weighted by Crippen LogP contribution is -2.48. The van der Waals surface area contributed by atoms with E-state index in [1.165, 1.54) is 0 Å². The molecule has 1 aromatic heterocycles. The Kier molecular flexibility index (Phi) is 3.92. The summed E-state index contributed by atoms with van der Waals surface area (Å²) in [4.78, 5) is 4.66. The molecular weight excluding hydrogens is 238 g/mol. The van der Waals surface area contributed by atoms with Crippen LogP contribution in [0.15, 0.2) is 24.3 Å². The maximum Gasteiger partial charge on any atom is 0.111 e. The van der Waals surface area contributed by atoms with Crippen molar-refractivity contribution in [2.45, 2.75) is 38.3 Å². The highest BCUT2D eigenvalue weighted by molar-refractivity contribution is 5.75. The molecule has 0 aliphatic carbocycles. The zero-order valence-corrected chi connectivity index (χ0v) is 12.2. The molecule has 19 heavy (non-hydrogen) atoms. The summed E-state index contributed by atoms with van der Waals surface area (Å²) in [6, 6.07) is 8.06. The number of hydrogen-bond donors (Lipinski definition) is 1. The molecule has 1 aromatic carbocycles. The molecule has 104 valence electrons. The standard InChI is InChI=1S/C15H23N3O/c1-5-15(2,19-4)13(16)10-14-17-11-8-6-7-9-12(11)18(14)3/h6-9,13H,5,10,16H2,1-4H3. The van der Waals surface area contributed by atoms with Gasteiger partial charge in [-0.05, 0) is 25.5 Å². The number of aryl methyl sites for hydroxylation is 1. The van der Waals surface area contributed by atoms with E-state index in [2.05, 4.69) is 29.5 Å². The molecule has 4 heteroatoms. The van der Waals surface area contributed by atoms with Crippen molar-refractivity contribution in [2.24, 2.45) is 12.8 Å². The van der Waals surface area contributed by atoms with Gasteiger partial charge in [0.05, 0.1) is 16.6 Å². The molecule has 0 saturated carbocycles. The molecule has 4 nitrogen and oxygen atoms in total. The maximum atomic E-state index is 6.32. The summed E-state index contributed by atoms with van der Waals surface area (Å²) in [5.74, 6) is 1.01. The number of hydrogen-bond acceptors (Lipinski definition) is 3. The lowest BCUT2D eigenvalue weighted by atomic mass is 9.91. The van der Waals surface area contributed by atoms with Crippen LogP contribution in [0.5, 0.6) is 0 Å². The predicted octanol–water partition coefficient (Wildman–Crippen LogP) is 2.26. The van der Waals surface area contributed by atoms with E-state index in [9.17, 15) is 0 Å². The van der Waals surface area contributed by atoms with Gasteiger partial charge in [0.1, 0.15) is 5.82 Å². The first-order chi connectivity index (χ1) is 9.01. The Morgan fingerprint density at radius 2 is 2.11 bits per heavy atom. The van der Waals surface area contributed by atoms with Crippen molar-refractivity contribution in [1.29, 1.82) is 0 Å². The van der Waals surface area contributed by atoms with Crippen molar-refractivity contribution in [3.8, 4) is 0 Å². The largest absolute Gasteiger partial charge is 0.377 e. The molecule has 1 heterocycles. The third-order valence-corrected chi connectivity index (χ3v) is 4.23. The van der Waals surface area contributed by atoms with E-state index >= 15 is 0 Å². The molecule has 0 amide bonds. The number of fused-ring (bicyclic) bond motifs is 1. The molecule has 2 rings (SSSR count). The van der Waals surface area contributed by atoms with E-state index in [4.69, 9.17) is 10.5 Å². The molecule has 0 fully saturated rings. The van der Waals surface area contributed by atoms with E-state index < -0.39 is 0 Å². The van der Waals surface area contributed by atoms with Gasteiger partial charge in [0.25, 0.3) is 0 Å². The minimum Gasteiger partial charge on any atom is -0.377 e. The number of aromatic nitrogens is 2. The minimum atomic E-state index is -0.307. The van der Waals surface area contributed by atoms with Crippen LogP contribution in [0.2, 0.25) is 0 Å². The molecule has 2 unspecified atom stereocenters. The third-order valence-electron chi connectivity index (χ3n) is 4.23. The molecule has 0 spiro atoms. The van der Waals surface area contributed by atoms with Gasteiger partial charge in [-0.25, -0.2) is 4.98 Å². The molecular formula is C15H23N3O. The minimum absolute atomic E-state index is 0.0713. The number of methoxy groups -OCH3 is 1. The zero-order chi connectivity index (χ0) is 14.0. The smallest absolute Gasteiger partial charge is 0.111 e. The Bertz CT molecular complexity index is 558. The molecule has 2 atom stereocenters. The second-order valence-electron chi connectivity index (χ2n) is 5.26. The van der Waals surface area contributed by atoms with E-state index in [0.29, 0.717) is 6.42 Å².